The summed E-state index contributed by atoms with van der Waals surface area (Å²) in [5.41, 5.74) is 2.34. The summed E-state index contributed by atoms with van der Waals surface area (Å²) in [4.78, 5) is 4.22. The van der Waals surface area contributed by atoms with E-state index < -0.39 is 0 Å². The second-order valence-corrected chi connectivity index (χ2v) is 5.04. The zero-order valence-corrected chi connectivity index (χ0v) is 13.3. The largest absolute Gasteiger partial charge is 0.497 e. The van der Waals surface area contributed by atoms with E-state index in [1.807, 2.05) is 24.3 Å². The number of nitrogens with zero attached hydrogens (tertiary/aromatic N) is 1. The van der Waals surface area contributed by atoms with Crippen LogP contribution in [-0.4, -0.2) is 26.7 Å². The lowest BCUT2D eigenvalue weighted by Gasteiger charge is -2.12. The number of guanidine groups is 1. The third-order valence-corrected chi connectivity index (χ3v) is 3.27. The summed E-state index contributed by atoms with van der Waals surface area (Å²) in [6, 6.07) is 10.0. The number of nitrogens with one attached hydrogen (secondary N) is 2. The Morgan fingerprint density at radius 2 is 2.14 bits per heavy atom. The highest BCUT2D eigenvalue weighted by Gasteiger charge is 2.02. The number of hydrogen-bond donors (Lipinski definition) is 2. The summed E-state index contributed by atoms with van der Waals surface area (Å²) in [5, 5.41) is 6.57. The highest BCUT2D eigenvalue weighted by atomic mass is 16.5. The van der Waals surface area contributed by atoms with Gasteiger partial charge in [-0.25, -0.2) is 0 Å². The highest BCUT2D eigenvalue weighted by Crippen LogP contribution is 2.16. The van der Waals surface area contributed by atoms with Crippen LogP contribution in [-0.2, 0) is 13.0 Å². The van der Waals surface area contributed by atoms with Crippen LogP contribution in [0, 0.1) is 6.92 Å². The molecule has 0 aliphatic heterocycles. The molecule has 22 heavy (non-hydrogen) atoms. The van der Waals surface area contributed by atoms with Crippen LogP contribution < -0.4 is 15.4 Å². The Bertz CT molecular complexity index is 606. The van der Waals surface area contributed by atoms with Crippen LogP contribution in [0.2, 0.25) is 0 Å². The molecule has 0 saturated carbocycles. The van der Waals surface area contributed by atoms with E-state index >= 15 is 0 Å². The van der Waals surface area contributed by atoms with Gasteiger partial charge in [0.25, 0.3) is 0 Å². The Morgan fingerprint density at radius 3 is 2.82 bits per heavy atom. The van der Waals surface area contributed by atoms with E-state index in [1.165, 1.54) is 5.56 Å². The monoisotopic (exact) mass is 301 g/mol. The van der Waals surface area contributed by atoms with Crippen LogP contribution in [0.25, 0.3) is 0 Å². The lowest BCUT2D eigenvalue weighted by atomic mass is 10.1. The molecule has 0 unspecified atom stereocenters. The molecule has 5 nitrogen and oxygen atoms in total. The maximum Gasteiger partial charge on any atom is 0.191 e. The van der Waals surface area contributed by atoms with Gasteiger partial charge >= 0.3 is 0 Å². The molecule has 0 bridgehead atoms. The van der Waals surface area contributed by atoms with E-state index in [9.17, 15) is 0 Å². The molecule has 0 aliphatic carbocycles. The minimum Gasteiger partial charge on any atom is -0.497 e. The van der Waals surface area contributed by atoms with E-state index in [2.05, 4.69) is 28.6 Å². The zero-order valence-electron chi connectivity index (χ0n) is 13.3. The Labute approximate surface area is 131 Å². The summed E-state index contributed by atoms with van der Waals surface area (Å²) in [5.74, 6) is 2.61. The van der Waals surface area contributed by atoms with Crippen LogP contribution >= 0.6 is 0 Å². The summed E-state index contributed by atoms with van der Waals surface area (Å²) < 4.78 is 10.6. The van der Waals surface area contributed by atoms with Gasteiger partial charge in [-0.3, -0.25) is 4.99 Å². The molecule has 0 radical (unpaired) electrons. The normalized spacial score (nSPS) is 11.3. The van der Waals surface area contributed by atoms with Crippen LogP contribution in [0.1, 0.15) is 16.9 Å². The average Bonchev–Trinajstić information content (AvgIpc) is 3.03. The van der Waals surface area contributed by atoms with Gasteiger partial charge in [-0.15, -0.1) is 0 Å². The van der Waals surface area contributed by atoms with Crippen molar-refractivity contribution in [1.29, 1.82) is 0 Å². The van der Waals surface area contributed by atoms with Crippen LogP contribution in [0.4, 0.5) is 0 Å². The number of furan rings is 1. The first-order valence-corrected chi connectivity index (χ1v) is 7.32. The molecule has 2 rings (SSSR count). The fourth-order valence-corrected chi connectivity index (χ4v) is 2.21. The van der Waals surface area contributed by atoms with Crippen molar-refractivity contribution in [2.24, 2.45) is 4.99 Å². The Balaban J connectivity index is 1.82. The van der Waals surface area contributed by atoms with Gasteiger partial charge in [0.1, 0.15) is 11.5 Å². The van der Waals surface area contributed by atoms with Crippen molar-refractivity contribution < 1.29 is 9.15 Å². The van der Waals surface area contributed by atoms with Crippen LogP contribution in [0.5, 0.6) is 5.75 Å². The summed E-state index contributed by atoms with van der Waals surface area (Å²) in [7, 11) is 3.44. The zero-order chi connectivity index (χ0) is 15.8. The Morgan fingerprint density at radius 1 is 1.27 bits per heavy atom. The molecular formula is C17H23N3O2. The van der Waals surface area contributed by atoms with Crippen LogP contribution in [0.3, 0.4) is 0 Å². The highest BCUT2D eigenvalue weighted by molar-refractivity contribution is 5.79. The smallest absolute Gasteiger partial charge is 0.191 e. The molecule has 0 saturated heterocycles. The van der Waals surface area contributed by atoms with Crippen molar-refractivity contribution in [3.8, 4) is 5.75 Å². The molecule has 0 atom stereocenters. The van der Waals surface area contributed by atoms with Gasteiger partial charge in [0.05, 0.1) is 13.4 Å². The average molecular weight is 301 g/mol. The predicted octanol–water partition coefficient (Wildman–Crippen LogP) is 2.50. The molecule has 5 heteroatoms. The number of methoxy groups -OCH3 is 1. The molecule has 1 heterocycles. The van der Waals surface area contributed by atoms with E-state index in [4.69, 9.17) is 9.15 Å². The minimum atomic E-state index is 0.693. The number of aliphatic imine (C=N–C) groups is 1. The van der Waals surface area contributed by atoms with E-state index in [0.717, 1.165) is 36.0 Å². The summed E-state index contributed by atoms with van der Waals surface area (Å²) >= 11 is 0. The Kier molecular flexibility index (Phi) is 5.89. The van der Waals surface area contributed by atoms with Gasteiger partial charge in [-0.05, 0) is 42.3 Å². The van der Waals surface area contributed by atoms with Gasteiger partial charge in [-0.2, -0.15) is 0 Å². The molecule has 0 amide bonds. The third-order valence-electron chi connectivity index (χ3n) is 3.27. The van der Waals surface area contributed by atoms with E-state index in [-0.39, 0.29) is 0 Å². The fourth-order valence-electron chi connectivity index (χ4n) is 2.21. The molecular weight excluding hydrogens is 278 g/mol. The van der Waals surface area contributed by atoms with Crippen molar-refractivity contribution in [2.45, 2.75) is 19.9 Å². The second-order valence-electron chi connectivity index (χ2n) is 5.04. The number of ether oxygens (including phenoxy) is 1. The number of aryl methyl sites for hydroxylation is 1. The van der Waals surface area contributed by atoms with E-state index in [1.54, 1.807) is 20.4 Å². The van der Waals surface area contributed by atoms with Gasteiger partial charge in [0.2, 0.25) is 0 Å². The number of hydrogen-bond acceptors (Lipinski definition) is 3. The van der Waals surface area contributed by atoms with Gasteiger partial charge < -0.3 is 19.8 Å². The summed E-state index contributed by atoms with van der Waals surface area (Å²) in [6.45, 7) is 3.52. The van der Waals surface area contributed by atoms with Gasteiger partial charge in [0.15, 0.2) is 5.96 Å². The molecule has 0 spiro atoms. The number of rotatable bonds is 6. The number of benzene rings is 1. The Hall–Kier alpha value is -2.43. The minimum absolute atomic E-state index is 0.693. The van der Waals surface area contributed by atoms with Crippen molar-refractivity contribution in [2.75, 3.05) is 20.7 Å². The van der Waals surface area contributed by atoms with Crippen molar-refractivity contribution in [1.82, 2.24) is 10.6 Å². The second kappa shape index (κ2) is 8.12. The summed E-state index contributed by atoms with van der Waals surface area (Å²) in [6.07, 6.45) is 2.51. The molecule has 0 aliphatic rings. The van der Waals surface area contributed by atoms with Crippen molar-refractivity contribution >= 4 is 5.96 Å². The lowest BCUT2D eigenvalue weighted by molar-refractivity contribution is 0.414. The van der Waals surface area contributed by atoms with Crippen LogP contribution in [0.15, 0.2) is 46.0 Å². The van der Waals surface area contributed by atoms with E-state index in [0.29, 0.717) is 6.54 Å². The first kappa shape index (κ1) is 15.9. The maximum atomic E-state index is 5.30. The first-order chi connectivity index (χ1) is 10.7. The molecule has 2 N–H and O–H groups in total. The standard InChI is InChI=1S/C17H23N3O2/c1-13-9-14(11-16(10-13)21-3)12-20-17(18-2)19-7-6-15-5-4-8-22-15/h4-5,8-11H,6-7,12H2,1-3H3,(H2,18,19,20). The van der Waals surface area contributed by atoms with Gasteiger partial charge in [-0.1, -0.05) is 6.07 Å². The molecule has 0 fully saturated rings. The predicted molar refractivity (Wildman–Crippen MR) is 88.3 cm³/mol. The quantitative estimate of drug-likeness (QED) is 0.636. The van der Waals surface area contributed by atoms with Crippen molar-refractivity contribution in [3.05, 3.63) is 53.5 Å². The van der Waals surface area contributed by atoms with Gasteiger partial charge in [0, 0.05) is 26.6 Å². The van der Waals surface area contributed by atoms with Crippen molar-refractivity contribution in [3.63, 3.8) is 0 Å². The SMILES string of the molecule is CN=C(NCCc1ccco1)NCc1cc(C)cc(OC)c1. The first-order valence-electron chi connectivity index (χ1n) is 7.32. The lowest BCUT2D eigenvalue weighted by Crippen LogP contribution is -2.37. The molecule has 1 aromatic carbocycles. The maximum absolute atomic E-state index is 5.30. The fraction of sp³-hybridized carbons (Fsp3) is 0.353. The molecule has 2 aromatic rings. The topological polar surface area (TPSA) is 58.8 Å². The third kappa shape index (κ3) is 4.84. The molecule has 118 valence electrons. The molecule has 1 aromatic heterocycles.